The second kappa shape index (κ2) is 13.7. The van der Waals surface area contributed by atoms with Gasteiger partial charge in [-0.2, -0.15) is 4.31 Å². The van der Waals surface area contributed by atoms with Gasteiger partial charge in [0, 0.05) is 51.0 Å². The molecule has 2 N–H and O–H groups in total. The molecule has 4 rings (SSSR count). The lowest BCUT2D eigenvalue weighted by molar-refractivity contribution is -0.133. The summed E-state index contributed by atoms with van der Waals surface area (Å²) in [6, 6.07) is 11.6. The van der Waals surface area contributed by atoms with E-state index in [1.807, 2.05) is 51.1 Å². The highest BCUT2D eigenvalue weighted by atomic mass is 32.2. The second-order valence-electron chi connectivity index (χ2n) is 11.9. The zero-order valence-electron chi connectivity index (χ0n) is 25.3. The molecule has 14 heteroatoms. The van der Waals surface area contributed by atoms with Gasteiger partial charge in [0.15, 0.2) is 0 Å². The summed E-state index contributed by atoms with van der Waals surface area (Å²) in [6.45, 7) is 5.52. The van der Waals surface area contributed by atoms with E-state index in [0.717, 1.165) is 30.0 Å². The van der Waals surface area contributed by atoms with Crippen molar-refractivity contribution in [2.24, 2.45) is 11.1 Å². The number of aromatic nitrogens is 2. The quantitative estimate of drug-likeness (QED) is 0.355. The molecule has 0 spiro atoms. The van der Waals surface area contributed by atoms with Gasteiger partial charge in [0.2, 0.25) is 10.0 Å². The minimum atomic E-state index is -3.41. The summed E-state index contributed by atoms with van der Waals surface area (Å²) < 4.78 is 71.0. The molecule has 2 aromatic carbocycles. The van der Waals surface area contributed by atoms with E-state index in [0.29, 0.717) is 5.82 Å². The number of rotatable bonds is 10. The van der Waals surface area contributed by atoms with E-state index in [1.165, 1.54) is 14.3 Å². The van der Waals surface area contributed by atoms with Crippen molar-refractivity contribution in [2.75, 3.05) is 45.5 Å². The monoisotopic (exact) mass is 636 g/mol. The average Bonchev–Trinajstić information content (AvgIpc) is 3.35. The maximum atomic E-state index is 15.0. The van der Waals surface area contributed by atoms with E-state index >= 15 is 4.39 Å². The molecule has 44 heavy (non-hydrogen) atoms. The van der Waals surface area contributed by atoms with Crippen molar-refractivity contribution in [1.82, 2.24) is 23.8 Å². The number of benzene rings is 2. The minimum Gasteiger partial charge on any atom is -0.351 e. The van der Waals surface area contributed by atoms with Gasteiger partial charge in [-0.05, 0) is 29.2 Å². The summed E-state index contributed by atoms with van der Waals surface area (Å²) in [5.74, 6) is -1.01. The van der Waals surface area contributed by atoms with Gasteiger partial charge < -0.3 is 15.1 Å². The predicted molar refractivity (Wildman–Crippen MR) is 160 cm³/mol. The van der Waals surface area contributed by atoms with Crippen LogP contribution in [0, 0.1) is 17.0 Å². The number of imidazole rings is 1. The third-order valence-corrected chi connectivity index (χ3v) is 8.65. The van der Waals surface area contributed by atoms with Crippen LogP contribution in [0.4, 0.5) is 18.0 Å². The Labute approximate surface area is 256 Å². The van der Waals surface area contributed by atoms with Crippen molar-refractivity contribution < 1.29 is 31.2 Å². The summed E-state index contributed by atoms with van der Waals surface area (Å²) in [6.07, 6.45) is 0.219. The van der Waals surface area contributed by atoms with E-state index in [4.69, 9.17) is 15.6 Å². The molecule has 1 saturated heterocycles. The molecule has 1 fully saturated rings. The number of carbonyl (C=O) groups is 1. The topological polar surface area (TPSA) is 114 Å². The molecule has 0 radical (unpaired) electrons. The van der Waals surface area contributed by atoms with Gasteiger partial charge >= 0.3 is 6.09 Å². The van der Waals surface area contributed by atoms with Gasteiger partial charge in [0.05, 0.1) is 24.5 Å². The zero-order chi connectivity index (χ0) is 32.2. The van der Waals surface area contributed by atoms with E-state index in [1.54, 1.807) is 10.8 Å². The Balaban J connectivity index is 1.77. The molecule has 1 aromatic heterocycles. The average molecular weight is 637 g/mol. The van der Waals surface area contributed by atoms with Crippen molar-refractivity contribution in [3.63, 3.8) is 0 Å². The number of alkyl halides is 1. The molecule has 240 valence electrons. The number of piperazine rings is 1. The molecule has 10 nitrogen and oxygen atoms in total. The lowest BCUT2D eigenvalue weighted by Crippen LogP contribution is -2.52. The summed E-state index contributed by atoms with van der Waals surface area (Å²) in [5, 5.41) is 1.34. The third-order valence-electron chi connectivity index (χ3n) is 7.34. The van der Waals surface area contributed by atoms with Crippen LogP contribution in [0.5, 0.6) is 0 Å². The van der Waals surface area contributed by atoms with Gasteiger partial charge in [-0.15, -0.1) is 5.06 Å². The fraction of sp³-hybridized carbons (Fsp3) is 0.467. The summed E-state index contributed by atoms with van der Waals surface area (Å²) in [7, 11) is -3.41. The van der Waals surface area contributed by atoms with Crippen LogP contribution >= 0.6 is 0 Å². The Bertz CT molecular complexity index is 1540. The molecular formula is C30H39F3N6O4S. The van der Waals surface area contributed by atoms with Crippen LogP contribution in [0.15, 0.2) is 54.7 Å². The fourth-order valence-corrected chi connectivity index (χ4v) is 6.03. The first-order valence-corrected chi connectivity index (χ1v) is 16.1. The second-order valence-corrected chi connectivity index (χ2v) is 13.9. The SMILES string of the molecule is CC(C)(C)[C@H](c1nc(-c2cc(F)ccc2F)cn1Cc1ccccc1)N(C[C@@H](F)CN)C(=O)ON1CCN(S(C)(=O)=O)CC1. The number of carbonyl (C=O) groups excluding carboxylic acids is 1. The fourth-order valence-electron chi connectivity index (χ4n) is 5.20. The largest absolute Gasteiger partial charge is 0.429 e. The first-order chi connectivity index (χ1) is 20.7. The van der Waals surface area contributed by atoms with Crippen molar-refractivity contribution in [3.8, 4) is 11.3 Å². The Morgan fingerprint density at radius 2 is 1.75 bits per heavy atom. The highest BCUT2D eigenvalue weighted by Gasteiger charge is 2.41. The van der Waals surface area contributed by atoms with Crippen LogP contribution < -0.4 is 5.73 Å². The molecule has 1 aliphatic rings. The van der Waals surface area contributed by atoms with Crippen LogP contribution in [-0.4, -0.2) is 90.0 Å². The van der Waals surface area contributed by atoms with Crippen molar-refractivity contribution in [3.05, 3.63) is 77.8 Å². The lowest BCUT2D eigenvalue weighted by Gasteiger charge is -2.41. The van der Waals surface area contributed by atoms with Crippen LogP contribution in [0.25, 0.3) is 11.3 Å². The number of sulfonamides is 1. The molecule has 0 saturated carbocycles. The summed E-state index contributed by atoms with van der Waals surface area (Å²) >= 11 is 0. The number of nitrogens with zero attached hydrogens (tertiary/aromatic N) is 5. The Morgan fingerprint density at radius 1 is 1.09 bits per heavy atom. The van der Waals surface area contributed by atoms with Gasteiger partial charge in [0.1, 0.15) is 23.6 Å². The van der Waals surface area contributed by atoms with Gasteiger partial charge in [-0.3, -0.25) is 4.90 Å². The first-order valence-electron chi connectivity index (χ1n) is 14.3. The number of hydroxylamine groups is 2. The van der Waals surface area contributed by atoms with Crippen molar-refractivity contribution in [2.45, 2.75) is 39.5 Å². The highest BCUT2D eigenvalue weighted by Crippen LogP contribution is 2.40. The molecule has 3 aromatic rings. The highest BCUT2D eigenvalue weighted by molar-refractivity contribution is 7.88. The number of nitrogens with two attached hydrogens (primary N) is 1. The van der Waals surface area contributed by atoms with Gasteiger partial charge in [0.25, 0.3) is 0 Å². The molecule has 1 aliphatic heterocycles. The molecule has 0 bridgehead atoms. The zero-order valence-corrected chi connectivity index (χ0v) is 26.1. The van der Waals surface area contributed by atoms with Crippen molar-refractivity contribution in [1.29, 1.82) is 0 Å². The van der Waals surface area contributed by atoms with Crippen molar-refractivity contribution >= 4 is 16.1 Å². The molecule has 2 atom stereocenters. The molecule has 2 heterocycles. The molecule has 0 aliphatic carbocycles. The molecular weight excluding hydrogens is 597 g/mol. The van der Waals surface area contributed by atoms with E-state index in [2.05, 4.69) is 0 Å². The number of hydrogen-bond acceptors (Lipinski definition) is 7. The van der Waals surface area contributed by atoms with Gasteiger partial charge in [-0.25, -0.2) is 31.4 Å². The van der Waals surface area contributed by atoms with E-state index < -0.39 is 51.9 Å². The third kappa shape index (κ3) is 8.17. The molecule has 1 amide bonds. The lowest BCUT2D eigenvalue weighted by atomic mass is 9.84. The predicted octanol–water partition coefficient (Wildman–Crippen LogP) is 4.19. The normalized spacial score (nSPS) is 16.5. The Kier molecular flexibility index (Phi) is 10.4. The van der Waals surface area contributed by atoms with Crippen LogP contribution in [0.2, 0.25) is 0 Å². The molecule has 0 unspecified atom stereocenters. The van der Waals surface area contributed by atoms with Crippen LogP contribution in [0.3, 0.4) is 0 Å². The smallest absolute Gasteiger partial charge is 0.351 e. The van der Waals surface area contributed by atoms with Crippen LogP contribution in [0.1, 0.15) is 38.2 Å². The maximum absolute atomic E-state index is 15.0. The Morgan fingerprint density at radius 3 is 2.34 bits per heavy atom. The number of hydrogen-bond donors (Lipinski definition) is 1. The van der Waals surface area contributed by atoms with Gasteiger partial charge in [-0.1, -0.05) is 51.1 Å². The summed E-state index contributed by atoms with van der Waals surface area (Å²) in [4.78, 5) is 25.5. The summed E-state index contributed by atoms with van der Waals surface area (Å²) in [5.41, 5.74) is 5.83. The van der Waals surface area contributed by atoms with Crippen LogP contribution in [-0.2, 0) is 21.4 Å². The number of amides is 1. The maximum Gasteiger partial charge on any atom is 0.429 e. The minimum absolute atomic E-state index is 0.0612. The Hall–Kier alpha value is -3.46. The van der Waals surface area contributed by atoms with E-state index in [9.17, 15) is 22.0 Å². The number of halogens is 3. The first kappa shape index (κ1) is 33.4. The van der Waals surface area contributed by atoms with E-state index in [-0.39, 0.29) is 50.5 Å². The standard InChI is InChI=1S/C30H39F3N6O4S/c1-30(2,3)27(39(19-23(32)17-34)29(40)43-37-12-14-38(15-13-37)44(4,41)42)28-35-26(24-16-22(31)10-11-25(24)33)20-36(28)18-21-8-6-5-7-9-21/h5-11,16,20,23,27H,12-15,17-19,34H2,1-4H3/t23-,27-/m0/s1.